The van der Waals surface area contributed by atoms with Gasteiger partial charge in [-0.2, -0.15) is 4.31 Å². The number of ether oxygens (including phenoxy) is 1. The second kappa shape index (κ2) is 5.59. The molecular weight excluding hydrogens is 290 g/mol. The van der Waals surface area contributed by atoms with E-state index >= 15 is 0 Å². The molecule has 0 spiro atoms. The fraction of sp³-hybridized carbons (Fsp3) is 0.357. The lowest BCUT2D eigenvalue weighted by molar-refractivity contribution is -0.00710. The normalized spacial score (nSPS) is 20.5. The molecule has 1 aromatic carbocycles. The maximum Gasteiger partial charge on any atom is 0.243 e. The quantitative estimate of drug-likeness (QED) is 0.932. The predicted molar refractivity (Wildman–Crippen MR) is 77.2 cm³/mol. The molecule has 1 unspecified atom stereocenters. The number of hydrogen-bond acceptors (Lipinski definition) is 4. The molecule has 112 valence electrons. The summed E-state index contributed by atoms with van der Waals surface area (Å²) in [5, 5.41) is 0. The number of sulfonamides is 1. The Balaban J connectivity index is 1.83. The van der Waals surface area contributed by atoms with Gasteiger partial charge in [-0.15, -0.1) is 0 Å². The maximum absolute atomic E-state index is 12.6. The van der Waals surface area contributed by atoms with Gasteiger partial charge in [-0.1, -0.05) is 18.2 Å². The highest BCUT2D eigenvalue weighted by molar-refractivity contribution is 7.89. The first-order valence-electron chi connectivity index (χ1n) is 6.75. The van der Waals surface area contributed by atoms with Crippen molar-refractivity contribution in [3.8, 4) is 0 Å². The zero-order valence-electron chi connectivity index (χ0n) is 11.7. The fourth-order valence-corrected chi connectivity index (χ4v) is 3.79. The van der Waals surface area contributed by atoms with Gasteiger partial charge in [0.25, 0.3) is 0 Å². The molecule has 1 atom stereocenters. The Morgan fingerprint density at radius 3 is 2.76 bits per heavy atom. The van der Waals surface area contributed by atoms with Crippen molar-refractivity contribution in [2.24, 2.45) is 0 Å². The van der Waals surface area contributed by atoms with Gasteiger partial charge in [0, 0.05) is 25.0 Å². The summed E-state index contributed by atoms with van der Waals surface area (Å²) < 4.78 is 32.3. The molecule has 0 bridgehead atoms. The zero-order valence-corrected chi connectivity index (χ0v) is 12.5. The molecule has 1 aliphatic rings. The fourth-order valence-electron chi connectivity index (χ4n) is 2.35. The molecule has 1 aromatic heterocycles. The molecule has 21 heavy (non-hydrogen) atoms. The maximum atomic E-state index is 12.6. The van der Waals surface area contributed by atoms with Crippen molar-refractivity contribution in [3.05, 3.63) is 48.0 Å². The van der Waals surface area contributed by atoms with Crippen molar-refractivity contribution in [1.29, 1.82) is 0 Å². The number of aryl methyl sites for hydroxylation is 1. The summed E-state index contributed by atoms with van der Waals surface area (Å²) in [4.78, 5) is 7.63. The second-order valence-corrected chi connectivity index (χ2v) is 6.92. The Hall–Kier alpha value is -1.70. The lowest BCUT2D eigenvalue weighted by atomic mass is 10.3. The van der Waals surface area contributed by atoms with Crippen molar-refractivity contribution in [1.82, 2.24) is 14.3 Å². The standard InChI is InChI=1S/C14H17N3O3S/c1-11-9-15-14(16-11)13-10-17(7-8-20-13)21(18,19)12-5-3-2-4-6-12/h2-6,9,13H,7-8,10H2,1H3,(H,15,16). The monoisotopic (exact) mass is 307 g/mol. The van der Waals surface area contributed by atoms with E-state index in [-0.39, 0.29) is 12.6 Å². The van der Waals surface area contributed by atoms with Crippen molar-refractivity contribution in [2.75, 3.05) is 19.7 Å². The minimum atomic E-state index is -3.48. The van der Waals surface area contributed by atoms with E-state index in [1.165, 1.54) is 4.31 Å². The molecule has 2 aromatic rings. The minimum Gasteiger partial charge on any atom is -0.368 e. The summed E-state index contributed by atoms with van der Waals surface area (Å²) in [6.07, 6.45) is 1.36. The Morgan fingerprint density at radius 2 is 2.10 bits per heavy atom. The average Bonchev–Trinajstić information content (AvgIpc) is 2.95. The van der Waals surface area contributed by atoms with E-state index in [1.807, 2.05) is 6.92 Å². The third-order valence-electron chi connectivity index (χ3n) is 3.44. The van der Waals surface area contributed by atoms with Gasteiger partial charge < -0.3 is 9.72 Å². The molecule has 0 aliphatic carbocycles. The van der Waals surface area contributed by atoms with Crippen LogP contribution in [0.15, 0.2) is 41.4 Å². The van der Waals surface area contributed by atoms with Gasteiger partial charge >= 0.3 is 0 Å². The molecule has 2 heterocycles. The van der Waals surface area contributed by atoms with Crippen molar-refractivity contribution < 1.29 is 13.2 Å². The molecule has 1 saturated heterocycles. The number of benzene rings is 1. The van der Waals surface area contributed by atoms with Crippen LogP contribution in [0.1, 0.15) is 17.6 Å². The highest BCUT2D eigenvalue weighted by Crippen LogP contribution is 2.24. The topological polar surface area (TPSA) is 75.3 Å². The molecule has 3 rings (SSSR count). The first kappa shape index (κ1) is 14.2. The van der Waals surface area contributed by atoms with Gasteiger partial charge in [-0.05, 0) is 19.1 Å². The summed E-state index contributed by atoms with van der Waals surface area (Å²) in [5.74, 6) is 0.667. The van der Waals surface area contributed by atoms with Crippen LogP contribution >= 0.6 is 0 Å². The molecule has 0 amide bonds. The van der Waals surface area contributed by atoms with Crippen LogP contribution in [0.5, 0.6) is 0 Å². The van der Waals surface area contributed by atoms with Crippen molar-refractivity contribution in [2.45, 2.75) is 17.9 Å². The molecule has 1 fully saturated rings. The number of nitrogens with zero attached hydrogens (tertiary/aromatic N) is 2. The lowest BCUT2D eigenvalue weighted by Crippen LogP contribution is -2.42. The largest absolute Gasteiger partial charge is 0.368 e. The van der Waals surface area contributed by atoms with E-state index in [0.717, 1.165) is 5.69 Å². The predicted octanol–water partition coefficient (Wildman–Crippen LogP) is 1.48. The van der Waals surface area contributed by atoms with Crippen LogP contribution in [-0.2, 0) is 14.8 Å². The molecule has 1 N–H and O–H groups in total. The van der Waals surface area contributed by atoms with Crippen LogP contribution in [0.2, 0.25) is 0 Å². The van der Waals surface area contributed by atoms with E-state index in [0.29, 0.717) is 23.9 Å². The number of aromatic amines is 1. The van der Waals surface area contributed by atoms with Gasteiger partial charge in [0.1, 0.15) is 11.9 Å². The number of imidazole rings is 1. The van der Waals surface area contributed by atoms with Crippen LogP contribution in [0.25, 0.3) is 0 Å². The molecule has 6 nitrogen and oxygen atoms in total. The minimum absolute atomic E-state index is 0.268. The number of hydrogen-bond donors (Lipinski definition) is 1. The van der Waals surface area contributed by atoms with Crippen LogP contribution in [0.4, 0.5) is 0 Å². The number of rotatable bonds is 3. The summed E-state index contributed by atoms with van der Waals surface area (Å²) in [6.45, 7) is 2.88. The van der Waals surface area contributed by atoms with Crippen LogP contribution in [0, 0.1) is 6.92 Å². The average molecular weight is 307 g/mol. The number of nitrogens with one attached hydrogen (secondary N) is 1. The van der Waals surface area contributed by atoms with Crippen LogP contribution in [0.3, 0.4) is 0 Å². The van der Waals surface area contributed by atoms with Gasteiger partial charge in [0.2, 0.25) is 10.0 Å². The van der Waals surface area contributed by atoms with Gasteiger partial charge in [0.15, 0.2) is 0 Å². The van der Waals surface area contributed by atoms with E-state index < -0.39 is 10.0 Å². The van der Waals surface area contributed by atoms with Gasteiger partial charge in [-0.25, -0.2) is 13.4 Å². The smallest absolute Gasteiger partial charge is 0.243 e. The molecule has 0 radical (unpaired) electrons. The highest BCUT2D eigenvalue weighted by Gasteiger charge is 2.32. The summed E-state index contributed by atoms with van der Waals surface area (Å²) >= 11 is 0. The van der Waals surface area contributed by atoms with E-state index in [2.05, 4.69) is 9.97 Å². The van der Waals surface area contributed by atoms with Crippen LogP contribution in [-0.4, -0.2) is 42.4 Å². The SMILES string of the molecule is Cc1cnc(C2CN(S(=O)(=O)c3ccccc3)CCO2)[nH]1. The van der Waals surface area contributed by atoms with Crippen molar-refractivity contribution >= 4 is 10.0 Å². The molecule has 0 saturated carbocycles. The first-order valence-corrected chi connectivity index (χ1v) is 8.20. The number of aromatic nitrogens is 2. The second-order valence-electron chi connectivity index (χ2n) is 4.99. The Bertz CT molecular complexity index is 712. The summed E-state index contributed by atoms with van der Waals surface area (Å²) in [7, 11) is -3.48. The Morgan fingerprint density at radius 1 is 1.33 bits per heavy atom. The van der Waals surface area contributed by atoms with Gasteiger partial charge in [-0.3, -0.25) is 0 Å². The molecule has 7 heteroatoms. The third-order valence-corrected chi connectivity index (χ3v) is 5.32. The number of H-pyrrole nitrogens is 1. The lowest BCUT2D eigenvalue weighted by Gasteiger charge is -2.31. The summed E-state index contributed by atoms with van der Waals surface area (Å²) in [5.41, 5.74) is 0.927. The van der Waals surface area contributed by atoms with Crippen molar-refractivity contribution in [3.63, 3.8) is 0 Å². The Kier molecular flexibility index (Phi) is 3.79. The van der Waals surface area contributed by atoms with E-state index in [4.69, 9.17) is 4.74 Å². The van der Waals surface area contributed by atoms with E-state index in [1.54, 1.807) is 36.5 Å². The third kappa shape index (κ3) is 2.85. The zero-order chi connectivity index (χ0) is 14.9. The first-order chi connectivity index (χ1) is 10.1. The summed E-state index contributed by atoms with van der Waals surface area (Å²) in [6, 6.07) is 8.46. The Labute approximate surface area is 123 Å². The number of morpholine rings is 1. The molecule has 1 aliphatic heterocycles. The highest BCUT2D eigenvalue weighted by atomic mass is 32.2. The van der Waals surface area contributed by atoms with Gasteiger partial charge in [0.05, 0.1) is 11.5 Å². The van der Waals surface area contributed by atoms with E-state index in [9.17, 15) is 8.42 Å². The van der Waals surface area contributed by atoms with Crippen LogP contribution < -0.4 is 0 Å². The molecular formula is C14H17N3O3S.